The summed E-state index contributed by atoms with van der Waals surface area (Å²) in [5.41, 5.74) is -3.67. The summed E-state index contributed by atoms with van der Waals surface area (Å²) in [5.74, 6) is -3.11. The second-order valence-corrected chi connectivity index (χ2v) is 27.0. The normalized spacial score (nSPS) is 13.1. The van der Waals surface area contributed by atoms with Crippen LogP contribution in [0, 0.1) is 0 Å². The maximum absolute atomic E-state index is 15.6. The van der Waals surface area contributed by atoms with Gasteiger partial charge < -0.3 is 0 Å². The van der Waals surface area contributed by atoms with E-state index < -0.39 is 74.1 Å². The van der Waals surface area contributed by atoms with Gasteiger partial charge in [-0.2, -0.15) is 0 Å². The van der Waals surface area contributed by atoms with Crippen molar-refractivity contribution in [3.05, 3.63) is 271 Å². The molecule has 9 aromatic rings. The number of hydrogen-bond acceptors (Lipinski definition) is 7. The molecule has 76 heavy (non-hydrogen) atoms. The van der Waals surface area contributed by atoms with Crippen LogP contribution in [0.15, 0.2) is 249 Å². The Kier molecular flexibility index (Phi) is 14.7. The van der Waals surface area contributed by atoms with Crippen molar-refractivity contribution in [2.75, 3.05) is 12.3 Å². The molecule has 0 amide bonds. The molecule has 0 saturated heterocycles. The van der Waals surface area contributed by atoms with E-state index in [4.69, 9.17) is 13.5 Å². The molecule has 384 valence electrons. The quantitative estimate of drug-likeness (QED) is 0.0382. The monoisotopic (exact) mass is 1070 g/mol. The molecule has 0 heterocycles. The summed E-state index contributed by atoms with van der Waals surface area (Å²) in [4.78, 5) is 31.2. The van der Waals surface area contributed by atoms with Crippen LogP contribution >= 0.6 is 13.7 Å². The summed E-state index contributed by atoms with van der Waals surface area (Å²) < 4.78 is 112. The van der Waals surface area contributed by atoms with Crippen LogP contribution in [0.5, 0.6) is 17.2 Å². The number of para-hydroxylation sites is 2. The van der Waals surface area contributed by atoms with Crippen LogP contribution in [-0.2, 0) is 21.2 Å². The van der Waals surface area contributed by atoms with Gasteiger partial charge in [-0.3, -0.25) is 0 Å². The average molecular weight is 1070 g/mol. The molecule has 9 rings (SSSR count). The first-order chi connectivity index (χ1) is 36.5. The second-order valence-electron chi connectivity index (χ2n) is 18.0. The van der Waals surface area contributed by atoms with Crippen molar-refractivity contribution < 1.29 is 59.7 Å². The maximum atomic E-state index is 15.6. The summed E-state index contributed by atoms with van der Waals surface area (Å²) in [7, 11) is -2.49. The fraction of sp³-hybridized carbons (Fsp3) is 0.0667. The molecule has 0 fully saturated rings. The standard InChI is InChI=1S/C60H47BF6O7P2/c62-59(63,64)44-39-45(60(65,66)67)41-46(40-44)72-61(73-75(47-23-7-1-8-24-47,48-25-9-2-10-26-48,49-27-11-3-12-28-49)42-57(70)53-35-19-21-37-55(53)68)74-76(50-29-13-4-14-30-50,51-31-15-5-16-32-51,52-33-17-6-18-34-52)43-58(71)54-36-20-22-38-56(54)69/h1-41,68-69H,42-43H2. The van der Waals surface area contributed by atoms with E-state index in [1.807, 2.05) is 0 Å². The fourth-order valence-corrected chi connectivity index (χ4v) is 21.0. The third kappa shape index (κ3) is 9.70. The summed E-state index contributed by atoms with van der Waals surface area (Å²) in [6.45, 7) is -10.9. The number of benzene rings is 9. The van der Waals surface area contributed by atoms with Gasteiger partial charge in [0.25, 0.3) is 0 Å². The molecule has 0 aromatic heterocycles. The first-order valence-electron chi connectivity index (χ1n) is 23.8. The van der Waals surface area contributed by atoms with Crippen molar-refractivity contribution in [3.8, 4) is 17.2 Å². The van der Waals surface area contributed by atoms with Gasteiger partial charge >= 0.3 is 437 Å². The van der Waals surface area contributed by atoms with Crippen molar-refractivity contribution >= 4 is 64.4 Å². The van der Waals surface area contributed by atoms with E-state index >= 15 is 9.59 Å². The van der Waals surface area contributed by atoms with Crippen molar-refractivity contribution in [2.24, 2.45) is 0 Å². The predicted octanol–water partition coefficient (Wildman–Crippen LogP) is 12.2. The van der Waals surface area contributed by atoms with E-state index in [0.29, 0.717) is 44.0 Å². The van der Waals surface area contributed by atoms with Gasteiger partial charge in [0.15, 0.2) is 0 Å². The molecule has 0 bridgehead atoms. The Morgan fingerprint density at radius 1 is 0.382 bits per heavy atom. The van der Waals surface area contributed by atoms with Gasteiger partial charge in [-0.15, -0.1) is 0 Å². The zero-order valence-electron chi connectivity index (χ0n) is 40.3. The molecule has 0 aliphatic rings. The molecule has 2 N–H and O–H groups in total. The first-order valence-corrected chi connectivity index (χ1v) is 28.5. The Balaban J connectivity index is 1.48. The first kappa shape index (κ1) is 53.0. The third-order valence-corrected chi connectivity index (χ3v) is 24.9. The number of hydrogen-bond donors (Lipinski definition) is 2. The molecule has 0 aliphatic carbocycles. The van der Waals surface area contributed by atoms with Crippen LogP contribution in [0.1, 0.15) is 31.8 Å². The van der Waals surface area contributed by atoms with Crippen LogP contribution in [0.4, 0.5) is 26.3 Å². The van der Waals surface area contributed by atoms with Gasteiger partial charge in [-0.1, -0.05) is 0 Å². The Labute approximate surface area is 435 Å². The molecule has 9 aromatic carbocycles. The van der Waals surface area contributed by atoms with Crippen molar-refractivity contribution in [1.29, 1.82) is 0 Å². The number of halogens is 6. The number of Topliss-reactive ketones (excluding diaryl/α,β-unsaturated/α-hetero) is 2. The number of phenolic OH excluding ortho intramolecular Hbond substituents is 2. The van der Waals surface area contributed by atoms with Crippen LogP contribution in [0.25, 0.3) is 0 Å². The van der Waals surface area contributed by atoms with E-state index in [-0.39, 0.29) is 28.7 Å². The summed E-state index contributed by atoms with van der Waals surface area (Å²) in [6, 6.07) is 63.5. The Bertz CT molecular complexity index is 3060. The minimum absolute atomic E-state index is 0.0323. The number of ketones is 2. The molecule has 0 spiro atoms. The molecule has 0 atom stereocenters. The summed E-state index contributed by atoms with van der Waals surface area (Å²) in [5, 5.41) is 24.7. The van der Waals surface area contributed by atoms with Gasteiger partial charge in [0.1, 0.15) is 0 Å². The zero-order valence-corrected chi connectivity index (χ0v) is 42.0. The van der Waals surface area contributed by atoms with Crippen molar-refractivity contribution in [2.45, 2.75) is 12.4 Å². The van der Waals surface area contributed by atoms with E-state index in [1.165, 1.54) is 36.4 Å². The molecule has 0 aliphatic heterocycles. The number of carbonyl (C=O) groups excluding carboxylic acids is 2. The molecular weight excluding hydrogens is 1020 g/mol. The number of carbonyl (C=O) groups is 2. The second kappa shape index (κ2) is 21.0. The van der Waals surface area contributed by atoms with E-state index in [1.54, 1.807) is 194 Å². The molecule has 7 nitrogen and oxygen atoms in total. The molecule has 16 heteroatoms. The number of aromatic hydroxyl groups is 2. The molecule has 0 saturated carbocycles. The summed E-state index contributed by atoms with van der Waals surface area (Å²) in [6.07, 6.45) is -12.0. The molecular formula is C60H47BF6O7P2. The molecule has 0 unspecified atom stereocenters. The van der Waals surface area contributed by atoms with Crippen molar-refractivity contribution in [1.82, 2.24) is 0 Å². The van der Waals surface area contributed by atoms with Gasteiger partial charge in [0.2, 0.25) is 0 Å². The van der Waals surface area contributed by atoms with Crippen molar-refractivity contribution in [3.63, 3.8) is 0 Å². The van der Waals surface area contributed by atoms with Gasteiger partial charge in [0, 0.05) is 0 Å². The number of alkyl halides is 6. The zero-order chi connectivity index (χ0) is 53.7. The number of rotatable bonds is 18. The Morgan fingerprint density at radius 2 is 0.632 bits per heavy atom. The van der Waals surface area contributed by atoms with Gasteiger partial charge in [-0.05, 0) is 0 Å². The van der Waals surface area contributed by atoms with Gasteiger partial charge in [-0.25, -0.2) is 0 Å². The topological polar surface area (TPSA) is 102 Å². The molecule has 0 radical (unpaired) electrons. The number of phenols is 2. The van der Waals surface area contributed by atoms with Crippen LogP contribution in [0.3, 0.4) is 0 Å². The minimum atomic E-state index is -5.43. The third-order valence-electron chi connectivity index (χ3n) is 13.5. The van der Waals surface area contributed by atoms with Gasteiger partial charge in [0.05, 0.1) is 0 Å². The van der Waals surface area contributed by atoms with E-state index in [0.717, 1.165) is 0 Å². The average Bonchev–Trinajstić information content (AvgIpc) is 3.51. The SMILES string of the molecule is O=C(CP(OB(Oc1cc(C(F)(F)F)cc(C(F)(F)F)c1)OP(CC(=O)c1ccccc1O)(c1ccccc1)(c1ccccc1)c1ccccc1)(c1ccccc1)(c1ccccc1)c1ccccc1)c1ccccc1O. The van der Waals surface area contributed by atoms with E-state index in [2.05, 4.69) is 0 Å². The Hall–Kier alpha value is -7.86. The van der Waals surface area contributed by atoms with Crippen LogP contribution < -0.4 is 36.5 Å². The Morgan fingerprint density at radius 3 is 0.882 bits per heavy atom. The van der Waals surface area contributed by atoms with Crippen LogP contribution in [0.2, 0.25) is 0 Å². The fourth-order valence-electron chi connectivity index (χ4n) is 10.0. The predicted molar refractivity (Wildman–Crippen MR) is 290 cm³/mol. The summed E-state index contributed by atoms with van der Waals surface area (Å²) >= 11 is 0. The van der Waals surface area contributed by atoms with Crippen LogP contribution in [-0.4, -0.2) is 41.4 Å². The van der Waals surface area contributed by atoms with E-state index in [9.17, 15) is 36.6 Å².